The normalized spacial score (nSPS) is 15.4. The van der Waals surface area contributed by atoms with E-state index in [-0.39, 0.29) is 17.4 Å². The summed E-state index contributed by atoms with van der Waals surface area (Å²) in [6, 6.07) is 20.0. The Labute approximate surface area is 226 Å². The molecule has 8 heteroatoms. The van der Waals surface area contributed by atoms with Gasteiger partial charge < -0.3 is 23.7 Å². The van der Waals surface area contributed by atoms with Crippen molar-refractivity contribution in [2.75, 3.05) is 18.6 Å². The Balaban J connectivity index is 1.63. The van der Waals surface area contributed by atoms with Crippen LogP contribution in [0, 0.1) is 0 Å². The molecule has 1 aliphatic rings. The highest BCUT2D eigenvalue weighted by molar-refractivity contribution is 6.20. The average Bonchev–Trinajstić information content (AvgIpc) is 3.48. The molecule has 1 aromatic heterocycles. The summed E-state index contributed by atoms with van der Waals surface area (Å²) in [5, 5.41) is 11.8. The van der Waals surface area contributed by atoms with Gasteiger partial charge in [0.25, 0.3) is 5.91 Å². The molecule has 1 atom stereocenters. The molecule has 1 aliphatic heterocycles. The predicted molar refractivity (Wildman–Crippen MR) is 147 cm³/mol. The lowest BCUT2D eigenvalue weighted by Crippen LogP contribution is -2.31. The summed E-state index contributed by atoms with van der Waals surface area (Å²) in [5.41, 5.74) is 1.40. The molecule has 0 aliphatic carbocycles. The van der Waals surface area contributed by atoms with E-state index in [0.29, 0.717) is 46.1 Å². The average molecular weight is 528 g/mol. The molecule has 200 valence electrons. The molecular formula is C31H29NO7. The van der Waals surface area contributed by atoms with Gasteiger partial charge in [-0.25, -0.2) is 0 Å². The van der Waals surface area contributed by atoms with Crippen LogP contribution in [0.25, 0.3) is 11.0 Å². The second-order valence-corrected chi connectivity index (χ2v) is 9.32. The Morgan fingerprint density at radius 3 is 2.46 bits per heavy atom. The van der Waals surface area contributed by atoms with Crippen molar-refractivity contribution in [3.63, 3.8) is 0 Å². The lowest BCUT2D eigenvalue weighted by Gasteiger charge is -2.27. The van der Waals surface area contributed by atoms with Crippen LogP contribution in [0.15, 0.2) is 88.5 Å². The molecule has 3 aromatic carbocycles. The summed E-state index contributed by atoms with van der Waals surface area (Å²) < 4.78 is 22.7. The largest absolute Gasteiger partial charge is 0.503 e. The number of benzene rings is 3. The third kappa shape index (κ3) is 4.81. The van der Waals surface area contributed by atoms with E-state index in [1.807, 2.05) is 20.8 Å². The van der Waals surface area contributed by atoms with E-state index < -0.39 is 23.5 Å². The molecule has 0 bridgehead atoms. The monoisotopic (exact) mass is 527 g/mol. The van der Waals surface area contributed by atoms with E-state index in [2.05, 4.69) is 0 Å². The van der Waals surface area contributed by atoms with Crippen molar-refractivity contribution >= 4 is 28.3 Å². The zero-order valence-corrected chi connectivity index (χ0v) is 22.1. The van der Waals surface area contributed by atoms with Crippen LogP contribution < -0.4 is 19.1 Å². The SMILES string of the molecule is CCOc1ccc(N2C(=O)C(O)=C(C(=O)c3cc4cccc(OC)c4o3)C2c2cccc(OC(C)C)c2)cc1. The number of aliphatic hydroxyl groups excluding tert-OH is 1. The number of amides is 1. The Kier molecular flexibility index (Phi) is 7.02. The number of para-hydroxylation sites is 1. The van der Waals surface area contributed by atoms with Crippen LogP contribution in [0.1, 0.15) is 42.9 Å². The van der Waals surface area contributed by atoms with Gasteiger partial charge in [-0.05, 0) is 74.9 Å². The molecule has 0 spiro atoms. The van der Waals surface area contributed by atoms with Gasteiger partial charge in [0.05, 0.1) is 31.4 Å². The van der Waals surface area contributed by atoms with Gasteiger partial charge in [0, 0.05) is 11.1 Å². The number of hydrogen-bond acceptors (Lipinski definition) is 7. The number of Topliss-reactive ketones (excluding diaryl/α,β-unsaturated/α-hetero) is 1. The van der Waals surface area contributed by atoms with E-state index in [0.717, 1.165) is 0 Å². The fourth-order valence-corrected chi connectivity index (χ4v) is 4.76. The van der Waals surface area contributed by atoms with Crippen molar-refractivity contribution in [1.29, 1.82) is 0 Å². The van der Waals surface area contributed by atoms with E-state index in [9.17, 15) is 14.7 Å². The molecule has 1 unspecified atom stereocenters. The first kappa shape index (κ1) is 25.9. The van der Waals surface area contributed by atoms with Gasteiger partial charge in [-0.2, -0.15) is 0 Å². The zero-order chi connectivity index (χ0) is 27.7. The number of furan rings is 1. The number of ether oxygens (including phenoxy) is 3. The number of aliphatic hydroxyl groups is 1. The van der Waals surface area contributed by atoms with Crippen molar-refractivity contribution in [3.05, 3.63) is 95.5 Å². The molecular weight excluding hydrogens is 498 g/mol. The van der Waals surface area contributed by atoms with Gasteiger partial charge in [-0.3, -0.25) is 14.5 Å². The molecule has 5 rings (SSSR count). The second-order valence-electron chi connectivity index (χ2n) is 9.32. The Hall–Kier alpha value is -4.72. The van der Waals surface area contributed by atoms with Crippen molar-refractivity contribution < 1.29 is 33.3 Å². The van der Waals surface area contributed by atoms with Crippen molar-refractivity contribution in [2.24, 2.45) is 0 Å². The maximum absolute atomic E-state index is 14.0. The van der Waals surface area contributed by atoms with Crippen LogP contribution in [0.5, 0.6) is 17.2 Å². The van der Waals surface area contributed by atoms with Crippen molar-refractivity contribution in [3.8, 4) is 17.2 Å². The molecule has 2 heterocycles. The molecule has 0 saturated heterocycles. The highest BCUT2D eigenvalue weighted by Crippen LogP contribution is 2.43. The summed E-state index contributed by atoms with van der Waals surface area (Å²) in [6.07, 6.45) is -0.0803. The molecule has 39 heavy (non-hydrogen) atoms. The van der Waals surface area contributed by atoms with Gasteiger partial charge in [-0.15, -0.1) is 0 Å². The maximum Gasteiger partial charge on any atom is 0.294 e. The first-order valence-corrected chi connectivity index (χ1v) is 12.7. The Bertz CT molecular complexity index is 1570. The number of anilines is 1. The van der Waals surface area contributed by atoms with Crippen LogP contribution in [0.3, 0.4) is 0 Å². The Morgan fingerprint density at radius 1 is 1.03 bits per heavy atom. The first-order chi connectivity index (χ1) is 18.8. The van der Waals surface area contributed by atoms with Crippen molar-refractivity contribution in [1.82, 2.24) is 0 Å². The molecule has 0 radical (unpaired) electrons. The standard InChI is InChI=1S/C31H29NO7/c1-5-37-22-14-12-21(13-15-22)32-27(19-8-6-10-23(16-19)38-18(2)3)26(29(34)31(32)35)28(33)25-17-20-9-7-11-24(36-4)30(20)39-25/h6-18,27,34H,5H2,1-4H3. The summed E-state index contributed by atoms with van der Waals surface area (Å²) in [4.78, 5) is 28.9. The highest BCUT2D eigenvalue weighted by atomic mass is 16.5. The third-order valence-corrected chi connectivity index (χ3v) is 6.38. The van der Waals surface area contributed by atoms with Gasteiger partial charge in [0.15, 0.2) is 22.9 Å². The fraction of sp³-hybridized carbons (Fsp3) is 0.226. The minimum absolute atomic E-state index is 0.0167. The summed E-state index contributed by atoms with van der Waals surface area (Å²) in [6.45, 7) is 6.20. The highest BCUT2D eigenvalue weighted by Gasteiger charge is 2.45. The summed E-state index contributed by atoms with van der Waals surface area (Å²) >= 11 is 0. The minimum atomic E-state index is -0.936. The number of nitrogens with zero attached hydrogens (tertiary/aromatic N) is 1. The molecule has 8 nitrogen and oxygen atoms in total. The predicted octanol–water partition coefficient (Wildman–Crippen LogP) is 6.41. The number of carbonyl (C=O) groups excluding carboxylic acids is 2. The van der Waals surface area contributed by atoms with Crippen LogP contribution >= 0.6 is 0 Å². The maximum atomic E-state index is 14.0. The first-order valence-electron chi connectivity index (χ1n) is 12.7. The Morgan fingerprint density at radius 2 is 1.77 bits per heavy atom. The quantitative estimate of drug-likeness (QED) is 0.251. The summed E-state index contributed by atoms with van der Waals surface area (Å²) in [5.74, 6) is -0.268. The van der Waals surface area contributed by atoms with Crippen LogP contribution in [0.4, 0.5) is 5.69 Å². The van der Waals surface area contributed by atoms with E-state index >= 15 is 0 Å². The lowest BCUT2D eigenvalue weighted by atomic mass is 9.94. The zero-order valence-electron chi connectivity index (χ0n) is 22.1. The van der Waals surface area contributed by atoms with Gasteiger partial charge >= 0.3 is 0 Å². The van der Waals surface area contributed by atoms with Gasteiger partial charge in [0.1, 0.15) is 11.5 Å². The molecule has 1 amide bonds. The number of fused-ring (bicyclic) bond motifs is 1. The van der Waals surface area contributed by atoms with E-state index in [1.54, 1.807) is 72.8 Å². The second kappa shape index (κ2) is 10.6. The van der Waals surface area contributed by atoms with E-state index in [4.69, 9.17) is 18.6 Å². The van der Waals surface area contributed by atoms with Crippen molar-refractivity contribution in [2.45, 2.75) is 32.9 Å². The molecule has 0 fully saturated rings. The lowest BCUT2D eigenvalue weighted by molar-refractivity contribution is -0.117. The van der Waals surface area contributed by atoms with Gasteiger partial charge in [-0.1, -0.05) is 24.3 Å². The number of hydrogen-bond donors (Lipinski definition) is 1. The molecule has 0 saturated carbocycles. The number of ketones is 1. The topological polar surface area (TPSA) is 98.4 Å². The number of rotatable bonds is 9. The molecule has 4 aromatic rings. The van der Waals surface area contributed by atoms with E-state index in [1.165, 1.54) is 12.0 Å². The van der Waals surface area contributed by atoms with Crippen LogP contribution in [-0.4, -0.2) is 36.6 Å². The summed E-state index contributed by atoms with van der Waals surface area (Å²) in [7, 11) is 1.51. The third-order valence-electron chi connectivity index (χ3n) is 6.38. The minimum Gasteiger partial charge on any atom is -0.503 e. The fourth-order valence-electron chi connectivity index (χ4n) is 4.76. The van der Waals surface area contributed by atoms with Crippen LogP contribution in [-0.2, 0) is 4.79 Å². The number of carbonyl (C=O) groups is 2. The number of methoxy groups -OCH3 is 1. The molecule has 1 N–H and O–H groups in total. The van der Waals surface area contributed by atoms with Gasteiger partial charge in [0.2, 0.25) is 5.78 Å². The smallest absolute Gasteiger partial charge is 0.294 e. The van der Waals surface area contributed by atoms with Crippen LogP contribution in [0.2, 0.25) is 0 Å².